The molecule has 2 heterocycles. The van der Waals surface area contributed by atoms with Crippen LogP contribution >= 0.6 is 0 Å². The Morgan fingerprint density at radius 1 is 1.00 bits per heavy atom. The van der Waals surface area contributed by atoms with Crippen molar-refractivity contribution < 1.29 is 14.6 Å². The van der Waals surface area contributed by atoms with Crippen LogP contribution in [-0.4, -0.2) is 25.9 Å². The Kier molecular flexibility index (Phi) is 2.43. The van der Waals surface area contributed by atoms with Crippen LogP contribution in [0.1, 0.15) is 19.4 Å². The molecule has 0 saturated carbocycles. The van der Waals surface area contributed by atoms with Crippen molar-refractivity contribution in [3.63, 3.8) is 0 Å². The van der Waals surface area contributed by atoms with E-state index in [1.165, 1.54) is 10.9 Å². The van der Waals surface area contributed by atoms with E-state index >= 15 is 0 Å². The van der Waals surface area contributed by atoms with Crippen LogP contribution in [0.4, 0.5) is 0 Å². The summed E-state index contributed by atoms with van der Waals surface area (Å²) in [6.45, 7) is 5.62. The SMILES string of the molecule is Cc1ccc2nn(-c3cc4c(cc3O)OC(C)(C)O4)nc2c1. The highest BCUT2D eigenvalue weighted by Gasteiger charge is 2.33. The van der Waals surface area contributed by atoms with E-state index < -0.39 is 5.79 Å². The third-order valence-electron chi connectivity index (χ3n) is 3.50. The van der Waals surface area contributed by atoms with Gasteiger partial charge in [0.15, 0.2) is 11.5 Å². The van der Waals surface area contributed by atoms with Crippen molar-refractivity contribution in [1.82, 2.24) is 15.0 Å². The normalized spacial score (nSPS) is 15.4. The number of fused-ring (bicyclic) bond motifs is 2. The molecule has 22 heavy (non-hydrogen) atoms. The van der Waals surface area contributed by atoms with Crippen LogP contribution < -0.4 is 9.47 Å². The molecular formula is C16H15N3O3. The molecule has 1 aromatic heterocycles. The number of phenols is 1. The quantitative estimate of drug-likeness (QED) is 0.748. The van der Waals surface area contributed by atoms with E-state index in [1.54, 1.807) is 6.07 Å². The molecule has 6 nitrogen and oxygen atoms in total. The van der Waals surface area contributed by atoms with Gasteiger partial charge in [-0.05, 0) is 24.6 Å². The van der Waals surface area contributed by atoms with Gasteiger partial charge in [-0.3, -0.25) is 0 Å². The van der Waals surface area contributed by atoms with Gasteiger partial charge < -0.3 is 14.6 Å². The van der Waals surface area contributed by atoms with Gasteiger partial charge in [-0.2, -0.15) is 0 Å². The van der Waals surface area contributed by atoms with E-state index in [-0.39, 0.29) is 5.75 Å². The maximum atomic E-state index is 10.2. The molecule has 0 spiro atoms. The summed E-state index contributed by atoms with van der Waals surface area (Å²) in [6.07, 6.45) is 0. The van der Waals surface area contributed by atoms with Crippen LogP contribution in [0.25, 0.3) is 16.7 Å². The lowest BCUT2D eigenvalue weighted by molar-refractivity contribution is -0.0431. The number of aromatic hydroxyl groups is 1. The lowest BCUT2D eigenvalue weighted by Crippen LogP contribution is -2.29. The van der Waals surface area contributed by atoms with Gasteiger partial charge in [-0.25, -0.2) is 0 Å². The number of nitrogens with zero attached hydrogens (tertiary/aromatic N) is 3. The molecule has 0 amide bonds. The number of ether oxygens (including phenoxy) is 2. The van der Waals surface area contributed by atoms with Gasteiger partial charge in [0.1, 0.15) is 22.5 Å². The molecule has 0 fully saturated rings. The number of hydrogen-bond donors (Lipinski definition) is 1. The molecule has 0 bridgehead atoms. The summed E-state index contributed by atoms with van der Waals surface area (Å²) in [6, 6.07) is 9.04. The van der Waals surface area contributed by atoms with Crippen LogP contribution in [0.15, 0.2) is 30.3 Å². The van der Waals surface area contributed by atoms with E-state index in [0.29, 0.717) is 17.2 Å². The average Bonchev–Trinajstić information content (AvgIpc) is 2.95. The van der Waals surface area contributed by atoms with Crippen LogP contribution in [-0.2, 0) is 0 Å². The molecule has 2 aromatic carbocycles. The third-order valence-corrected chi connectivity index (χ3v) is 3.50. The molecule has 4 rings (SSSR count). The van der Waals surface area contributed by atoms with Gasteiger partial charge in [0.2, 0.25) is 5.79 Å². The van der Waals surface area contributed by atoms with Gasteiger partial charge in [0, 0.05) is 26.0 Å². The highest BCUT2D eigenvalue weighted by Crippen LogP contribution is 2.43. The Morgan fingerprint density at radius 3 is 2.45 bits per heavy atom. The predicted octanol–water partition coefficient (Wildman–Crippen LogP) is 2.94. The number of aromatic nitrogens is 3. The number of rotatable bonds is 1. The standard InChI is InChI=1S/C16H15N3O3/c1-9-4-5-10-11(6-9)18-19(17-10)12-7-14-15(8-13(12)20)22-16(2,3)21-14/h4-8,20H,1-3H3. The lowest BCUT2D eigenvalue weighted by Gasteiger charge is -2.16. The Bertz CT molecular complexity index is 899. The molecule has 6 heteroatoms. The third kappa shape index (κ3) is 1.95. The van der Waals surface area contributed by atoms with E-state index in [4.69, 9.17) is 9.47 Å². The molecule has 0 radical (unpaired) electrons. The molecule has 0 aliphatic carbocycles. The maximum absolute atomic E-state index is 10.2. The molecule has 0 unspecified atom stereocenters. The van der Waals surface area contributed by atoms with Gasteiger partial charge >= 0.3 is 0 Å². The van der Waals surface area contributed by atoms with Crippen LogP contribution in [0, 0.1) is 6.92 Å². The van der Waals surface area contributed by atoms with Crippen LogP contribution in [0.3, 0.4) is 0 Å². The van der Waals surface area contributed by atoms with E-state index in [1.807, 2.05) is 39.0 Å². The zero-order valence-corrected chi connectivity index (χ0v) is 12.5. The zero-order valence-electron chi connectivity index (χ0n) is 12.5. The molecule has 1 N–H and O–H groups in total. The summed E-state index contributed by atoms with van der Waals surface area (Å²) < 4.78 is 11.3. The highest BCUT2D eigenvalue weighted by molar-refractivity contribution is 5.75. The van der Waals surface area contributed by atoms with Crippen molar-refractivity contribution in [3.8, 4) is 22.9 Å². The van der Waals surface area contributed by atoms with Gasteiger partial charge in [-0.1, -0.05) is 6.07 Å². The van der Waals surface area contributed by atoms with Crippen LogP contribution in [0.2, 0.25) is 0 Å². The summed E-state index contributed by atoms with van der Waals surface area (Å²) in [5.74, 6) is 0.374. The lowest BCUT2D eigenvalue weighted by atomic mass is 10.2. The second-order valence-corrected chi connectivity index (χ2v) is 5.87. The largest absolute Gasteiger partial charge is 0.505 e. The van der Waals surface area contributed by atoms with Crippen molar-refractivity contribution in [1.29, 1.82) is 0 Å². The minimum absolute atomic E-state index is 0.0390. The van der Waals surface area contributed by atoms with Crippen molar-refractivity contribution in [2.24, 2.45) is 0 Å². The fourth-order valence-electron chi connectivity index (χ4n) is 2.54. The summed E-state index contributed by atoms with van der Waals surface area (Å²) in [5, 5.41) is 19.1. The average molecular weight is 297 g/mol. The first-order valence-electron chi connectivity index (χ1n) is 7.00. The molecule has 1 aliphatic heterocycles. The second kappa shape index (κ2) is 4.13. The topological polar surface area (TPSA) is 69.4 Å². The molecule has 0 saturated heterocycles. The van der Waals surface area contributed by atoms with E-state index in [2.05, 4.69) is 10.2 Å². The van der Waals surface area contributed by atoms with Crippen molar-refractivity contribution >= 4 is 11.0 Å². The monoisotopic (exact) mass is 297 g/mol. The minimum Gasteiger partial charge on any atom is -0.505 e. The van der Waals surface area contributed by atoms with Gasteiger partial charge in [-0.15, -0.1) is 15.0 Å². The summed E-state index contributed by atoms with van der Waals surface area (Å²) in [4.78, 5) is 1.41. The highest BCUT2D eigenvalue weighted by atomic mass is 16.7. The molecule has 0 atom stereocenters. The number of aryl methyl sites for hydroxylation is 1. The Labute approximate surface area is 126 Å². The van der Waals surface area contributed by atoms with Crippen molar-refractivity contribution in [2.45, 2.75) is 26.6 Å². The Morgan fingerprint density at radius 2 is 1.68 bits per heavy atom. The first kappa shape index (κ1) is 12.9. The van der Waals surface area contributed by atoms with Gasteiger partial charge in [0.25, 0.3) is 0 Å². The predicted molar refractivity (Wildman–Crippen MR) is 80.6 cm³/mol. The number of benzene rings is 2. The van der Waals surface area contributed by atoms with Crippen LogP contribution in [0.5, 0.6) is 17.2 Å². The molecular weight excluding hydrogens is 282 g/mol. The fourth-order valence-corrected chi connectivity index (χ4v) is 2.54. The summed E-state index contributed by atoms with van der Waals surface area (Å²) >= 11 is 0. The Hall–Kier alpha value is -2.76. The maximum Gasteiger partial charge on any atom is 0.246 e. The fraction of sp³-hybridized carbons (Fsp3) is 0.250. The van der Waals surface area contributed by atoms with Gasteiger partial charge in [0.05, 0.1) is 0 Å². The summed E-state index contributed by atoms with van der Waals surface area (Å²) in [7, 11) is 0. The first-order valence-corrected chi connectivity index (χ1v) is 7.00. The summed E-state index contributed by atoms with van der Waals surface area (Å²) in [5.41, 5.74) is 3.10. The second-order valence-electron chi connectivity index (χ2n) is 5.87. The minimum atomic E-state index is -0.743. The zero-order chi connectivity index (χ0) is 15.5. The smallest absolute Gasteiger partial charge is 0.246 e. The number of phenolic OH excluding ortho intramolecular Hbond substituents is 1. The van der Waals surface area contributed by atoms with Crippen molar-refractivity contribution in [3.05, 3.63) is 35.9 Å². The number of hydrogen-bond acceptors (Lipinski definition) is 5. The first-order chi connectivity index (χ1) is 10.4. The molecule has 3 aromatic rings. The molecule has 112 valence electrons. The van der Waals surface area contributed by atoms with E-state index in [0.717, 1.165) is 16.6 Å². The van der Waals surface area contributed by atoms with E-state index in [9.17, 15) is 5.11 Å². The van der Waals surface area contributed by atoms with Crippen molar-refractivity contribution in [2.75, 3.05) is 0 Å². The Balaban J connectivity index is 1.85. The molecule has 1 aliphatic rings.